The minimum absolute atomic E-state index is 0.118. The quantitative estimate of drug-likeness (QED) is 0.893. The van der Waals surface area contributed by atoms with E-state index in [1.54, 1.807) is 0 Å². The lowest BCUT2D eigenvalue weighted by atomic mass is 9.72. The van der Waals surface area contributed by atoms with Gasteiger partial charge in [0.1, 0.15) is 0 Å². The van der Waals surface area contributed by atoms with Crippen LogP contribution in [-0.2, 0) is 10.2 Å². The van der Waals surface area contributed by atoms with Gasteiger partial charge in [-0.3, -0.25) is 0 Å². The van der Waals surface area contributed by atoms with Crippen molar-refractivity contribution >= 4 is 0 Å². The lowest BCUT2D eigenvalue weighted by molar-refractivity contribution is 0.0848. The van der Waals surface area contributed by atoms with Crippen molar-refractivity contribution in [3.8, 4) is 0 Å². The molecule has 21 heavy (non-hydrogen) atoms. The monoisotopic (exact) mass is 288 g/mol. The van der Waals surface area contributed by atoms with Crippen LogP contribution in [0.1, 0.15) is 38.7 Å². The maximum absolute atomic E-state index is 5.77. The third-order valence-corrected chi connectivity index (χ3v) is 5.66. The molecule has 2 saturated heterocycles. The molecular weight excluding hydrogens is 260 g/mol. The highest BCUT2D eigenvalue weighted by atomic mass is 16.5. The average Bonchev–Trinajstić information content (AvgIpc) is 2.87. The molecule has 2 unspecified atom stereocenters. The molecule has 116 valence electrons. The first-order valence-corrected chi connectivity index (χ1v) is 8.28. The Morgan fingerprint density at radius 3 is 2.52 bits per heavy atom. The Morgan fingerprint density at radius 2 is 1.90 bits per heavy atom. The number of benzene rings is 1. The Labute approximate surface area is 128 Å². The van der Waals surface area contributed by atoms with Crippen LogP contribution in [0.4, 0.5) is 0 Å². The molecule has 2 N–H and O–H groups in total. The molecule has 1 aromatic carbocycles. The fraction of sp³-hybridized carbons (Fsp3) is 0.667. The van der Waals surface area contributed by atoms with Crippen molar-refractivity contribution in [2.24, 2.45) is 0 Å². The van der Waals surface area contributed by atoms with Gasteiger partial charge in [-0.1, -0.05) is 30.3 Å². The van der Waals surface area contributed by atoms with Crippen molar-refractivity contribution in [3.63, 3.8) is 0 Å². The molecule has 1 aromatic rings. The highest BCUT2D eigenvalue weighted by Crippen LogP contribution is 2.34. The Kier molecular flexibility index (Phi) is 4.34. The van der Waals surface area contributed by atoms with E-state index in [0.29, 0.717) is 6.10 Å². The topological polar surface area (TPSA) is 33.3 Å². The molecule has 0 aliphatic carbocycles. The van der Waals surface area contributed by atoms with Gasteiger partial charge in [0, 0.05) is 24.1 Å². The van der Waals surface area contributed by atoms with E-state index in [1.165, 1.54) is 18.4 Å². The van der Waals surface area contributed by atoms with E-state index in [-0.39, 0.29) is 11.0 Å². The summed E-state index contributed by atoms with van der Waals surface area (Å²) in [6.07, 6.45) is 3.81. The Balaban J connectivity index is 1.77. The first-order valence-electron chi connectivity index (χ1n) is 8.28. The van der Waals surface area contributed by atoms with Crippen LogP contribution in [0.25, 0.3) is 0 Å². The predicted octanol–water partition coefficient (Wildman–Crippen LogP) is 2.46. The van der Waals surface area contributed by atoms with E-state index in [2.05, 4.69) is 54.8 Å². The highest BCUT2D eigenvalue weighted by molar-refractivity contribution is 5.27. The highest BCUT2D eigenvalue weighted by Gasteiger charge is 2.40. The third-order valence-electron chi connectivity index (χ3n) is 5.66. The fourth-order valence-electron chi connectivity index (χ4n) is 3.70. The molecule has 0 aromatic heterocycles. The Hall–Kier alpha value is -0.900. The van der Waals surface area contributed by atoms with Crippen LogP contribution in [0.2, 0.25) is 0 Å². The fourth-order valence-corrected chi connectivity index (χ4v) is 3.70. The summed E-state index contributed by atoms with van der Waals surface area (Å²) in [7, 11) is 0. The lowest BCUT2D eigenvalue weighted by Gasteiger charge is -2.42. The Bertz CT molecular complexity index is 456. The molecule has 3 heteroatoms. The van der Waals surface area contributed by atoms with Crippen LogP contribution < -0.4 is 10.6 Å². The maximum Gasteiger partial charge on any atom is 0.0726 e. The summed E-state index contributed by atoms with van der Waals surface area (Å²) >= 11 is 0. The van der Waals surface area contributed by atoms with E-state index >= 15 is 0 Å². The van der Waals surface area contributed by atoms with E-state index in [0.717, 1.165) is 32.7 Å². The first-order chi connectivity index (χ1) is 10.1. The van der Waals surface area contributed by atoms with Crippen molar-refractivity contribution in [1.29, 1.82) is 0 Å². The summed E-state index contributed by atoms with van der Waals surface area (Å²) in [6.45, 7) is 8.65. The molecule has 0 radical (unpaired) electrons. The largest absolute Gasteiger partial charge is 0.377 e. The van der Waals surface area contributed by atoms with Gasteiger partial charge in [0.15, 0.2) is 0 Å². The van der Waals surface area contributed by atoms with Gasteiger partial charge in [0.2, 0.25) is 0 Å². The molecule has 0 saturated carbocycles. The number of piperidine rings is 1. The summed E-state index contributed by atoms with van der Waals surface area (Å²) in [6, 6.07) is 11.0. The molecule has 2 fully saturated rings. The smallest absolute Gasteiger partial charge is 0.0726 e. The van der Waals surface area contributed by atoms with Gasteiger partial charge in [0.25, 0.3) is 0 Å². The zero-order chi connectivity index (χ0) is 14.8. The molecule has 0 spiro atoms. The van der Waals surface area contributed by atoms with E-state index in [4.69, 9.17) is 4.74 Å². The summed E-state index contributed by atoms with van der Waals surface area (Å²) in [5.41, 5.74) is 1.86. The van der Waals surface area contributed by atoms with E-state index < -0.39 is 0 Å². The first kappa shape index (κ1) is 15.0. The van der Waals surface area contributed by atoms with Gasteiger partial charge in [-0.2, -0.15) is 0 Å². The molecule has 3 rings (SSSR count). The third kappa shape index (κ3) is 3.01. The summed E-state index contributed by atoms with van der Waals surface area (Å²) < 4.78 is 5.77. The molecule has 0 bridgehead atoms. The number of hydrogen-bond acceptors (Lipinski definition) is 3. The van der Waals surface area contributed by atoms with Crippen molar-refractivity contribution in [1.82, 2.24) is 10.6 Å². The van der Waals surface area contributed by atoms with Crippen LogP contribution in [0.15, 0.2) is 30.3 Å². The average molecular weight is 288 g/mol. The van der Waals surface area contributed by atoms with Crippen molar-refractivity contribution < 1.29 is 4.74 Å². The van der Waals surface area contributed by atoms with Crippen molar-refractivity contribution in [2.75, 3.05) is 26.2 Å². The standard InChI is InChI=1S/C18H28N2O/c1-15-17(2,10-13-21-15)20-14-18(8-11-19-12-9-18)16-6-4-3-5-7-16/h3-7,15,19-20H,8-14H2,1-2H3. The molecule has 2 atom stereocenters. The zero-order valence-corrected chi connectivity index (χ0v) is 13.3. The predicted molar refractivity (Wildman–Crippen MR) is 86.7 cm³/mol. The van der Waals surface area contributed by atoms with Gasteiger partial charge in [-0.25, -0.2) is 0 Å². The van der Waals surface area contributed by atoms with Gasteiger partial charge < -0.3 is 15.4 Å². The molecule has 2 heterocycles. The van der Waals surface area contributed by atoms with Crippen molar-refractivity contribution in [3.05, 3.63) is 35.9 Å². The van der Waals surface area contributed by atoms with E-state index in [1.807, 2.05) is 0 Å². The maximum atomic E-state index is 5.77. The molecule has 0 amide bonds. The van der Waals surface area contributed by atoms with Crippen molar-refractivity contribution in [2.45, 2.75) is 50.2 Å². The van der Waals surface area contributed by atoms with Crippen LogP contribution in [0.5, 0.6) is 0 Å². The normalized spacial score (nSPS) is 32.2. The molecular formula is C18H28N2O. The SMILES string of the molecule is CC1OCCC1(C)NCC1(c2ccccc2)CCNCC1. The zero-order valence-electron chi connectivity index (χ0n) is 13.3. The van der Waals surface area contributed by atoms with Crippen LogP contribution in [0.3, 0.4) is 0 Å². The second-order valence-electron chi connectivity index (χ2n) is 6.93. The number of rotatable bonds is 4. The summed E-state index contributed by atoms with van der Waals surface area (Å²) in [4.78, 5) is 0. The van der Waals surface area contributed by atoms with Gasteiger partial charge in [-0.15, -0.1) is 0 Å². The summed E-state index contributed by atoms with van der Waals surface area (Å²) in [5, 5.41) is 7.37. The van der Waals surface area contributed by atoms with Crippen LogP contribution in [-0.4, -0.2) is 37.9 Å². The van der Waals surface area contributed by atoms with Gasteiger partial charge in [-0.05, 0) is 51.8 Å². The van der Waals surface area contributed by atoms with Crippen LogP contribution in [0, 0.1) is 0 Å². The second-order valence-corrected chi connectivity index (χ2v) is 6.93. The molecule has 2 aliphatic rings. The van der Waals surface area contributed by atoms with Gasteiger partial charge in [0.05, 0.1) is 6.10 Å². The lowest BCUT2D eigenvalue weighted by Crippen LogP contribution is -2.55. The Morgan fingerprint density at radius 1 is 1.19 bits per heavy atom. The second kappa shape index (κ2) is 6.07. The minimum Gasteiger partial charge on any atom is -0.377 e. The minimum atomic E-state index is 0.118. The summed E-state index contributed by atoms with van der Waals surface area (Å²) in [5.74, 6) is 0. The number of nitrogens with one attached hydrogen (secondary N) is 2. The van der Waals surface area contributed by atoms with Gasteiger partial charge >= 0.3 is 0 Å². The number of ether oxygens (including phenoxy) is 1. The molecule has 2 aliphatic heterocycles. The molecule has 3 nitrogen and oxygen atoms in total. The number of hydrogen-bond donors (Lipinski definition) is 2. The van der Waals surface area contributed by atoms with Crippen LogP contribution >= 0.6 is 0 Å². The van der Waals surface area contributed by atoms with E-state index in [9.17, 15) is 0 Å².